The van der Waals surface area contributed by atoms with Gasteiger partial charge in [0, 0.05) is 29.9 Å². The minimum Gasteiger partial charge on any atom is -0.367 e. The number of benzene rings is 1. The Morgan fingerprint density at radius 2 is 1.90 bits per heavy atom. The molecule has 0 spiro atoms. The maximum absolute atomic E-state index is 6.09. The monoisotopic (exact) mass is 304 g/mol. The normalized spacial score (nSPS) is 16.0. The van der Waals surface area contributed by atoms with E-state index in [4.69, 9.17) is 11.6 Å². The molecule has 0 atom stereocenters. The number of halogens is 1. The first-order chi connectivity index (χ1) is 10.3. The minimum atomic E-state index is 0.458. The molecule has 2 aromatic rings. The first kappa shape index (κ1) is 14.5. The highest BCUT2D eigenvalue weighted by atomic mass is 35.5. The molecule has 112 valence electrons. The molecule has 1 aromatic heterocycles. The molecule has 4 nitrogen and oxygen atoms in total. The van der Waals surface area contributed by atoms with Crippen LogP contribution in [0.5, 0.6) is 0 Å². The molecule has 0 radical (unpaired) electrons. The van der Waals surface area contributed by atoms with Gasteiger partial charge in [0.15, 0.2) is 11.0 Å². The number of fused-ring (bicyclic) bond motifs is 1. The molecule has 0 unspecified atom stereocenters. The van der Waals surface area contributed by atoms with Gasteiger partial charge in [-0.05, 0) is 19.9 Å². The van der Waals surface area contributed by atoms with E-state index in [1.54, 1.807) is 0 Å². The first-order valence-corrected chi connectivity index (χ1v) is 7.98. The van der Waals surface area contributed by atoms with Crippen LogP contribution >= 0.6 is 11.6 Å². The van der Waals surface area contributed by atoms with E-state index in [1.807, 2.05) is 24.3 Å². The number of likely N-dealkylation sites (N-methyl/N-ethyl adjacent to an activating group) is 1. The Morgan fingerprint density at radius 3 is 2.67 bits per heavy atom. The maximum Gasteiger partial charge on any atom is 0.159 e. The van der Waals surface area contributed by atoms with Crippen molar-refractivity contribution in [1.29, 1.82) is 0 Å². The van der Waals surface area contributed by atoms with Gasteiger partial charge in [0.25, 0.3) is 0 Å². The van der Waals surface area contributed by atoms with Crippen molar-refractivity contribution in [2.24, 2.45) is 0 Å². The molecule has 21 heavy (non-hydrogen) atoms. The molecule has 3 rings (SSSR count). The van der Waals surface area contributed by atoms with Gasteiger partial charge >= 0.3 is 0 Å². The van der Waals surface area contributed by atoms with Gasteiger partial charge in [-0.3, -0.25) is 0 Å². The van der Waals surface area contributed by atoms with Crippen LogP contribution in [-0.2, 0) is 0 Å². The second-order valence-electron chi connectivity index (χ2n) is 5.73. The molecular weight excluding hydrogens is 284 g/mol. The van der Waals surface area contributed by atoms with Crippen molar-refractivity contribution in [1.82, 2.24) is 15.1 Å². The largest absolute Gasteiger partial charge is 0.367 e. The lowest BCUT2D eigenvalue weighted by Crippen LogP contribution is -2.33. The van der Waals surface area contributed by atoms with Gasteiger partial charge in [-0.15, -0.1) is 10.2 Å². The molecule has 5 heteroatoms. The second kappa shape index (κ2) is 6.58. The highest BCUT2D eigenvalue weighted by Gasteiger charge is 2.18. The van der Waals surface area contributed by atoms with Gasteiger partial charge < -0.3 is 10.2 Å². The standard InChI is InChI=1S/C16H21ClN4/c1-21(12-6-2-3-7-12)11-10-18-16-14-9-5-4-8-13(14)15(17)19-20-16/h4-5,8-9,12H,2-3,6-7,10-11H2,1H3,(H,18,20). The van der Waals surface area contributed by atoms with Crippen LogP contribution < -0.4 is 5.32 Å². The van der Waals surface area contributed by atoms with E-state index in [1.165, 1.54) is 25.7 Å². The fourth-order valence-electron chi connectivity index (χ4n) is 3.08. The van der Waals surface area contributed by atoms with E-state index in [0.29, 0.717) is 5.15 Å². The number of hydrogen-bond acceptors (Lipinski definition) is 4. The molecule has 1 aromatic carbocycles. The lowest BCUT2D eigenvalue weighted by atomic mass is 10.2. The van der Waals surface area contributed by atoms with Crippen LogP contribution in [0.2, 0.25) is 5.15 Å². The van der Waals surface area contributed by atoms with E-state index < -0.39 is 0 Å². The number of hydrogen-bond donors (Lipinski definition) is 1. The first-order valence-electron chi connectivity index (χ1n) is 7.61. The van der Waals surface area contributed by atoms with Gasteiger partial charge in [-0.2, -0.15) is 0 Å². The third-order valence-electron chi connectivity index (χ3n) is 4.35. The number of rotatable bonds is 5. The van der Waals surface area contributed by atoms with Crippen molar-refractivity contribution in [3.63, 3.8) is 0 Å². The third-order valence-corrected chi connectivity index (χ3v) is 4.63. The van der Waals surface area contributed by atoms with Crippen molar-refractivity contribution >= 4 is 28.2 Å². The molecule has 0 saturated heterocycles. The summed E-state index contributed by atoms with van der Waals surface area (Å²) in [5.41, 5.74) is 0. The SMILES string of the molecule is CN(CCNc1nnc(Cl)c2ccccc12)C1CCCC1. The molecule has 0 bridgehead atoms. The zero-order valence-electron chi connectivity index (χ0n) is 12.3. The fourth-order valence-corrected chi connectivity index (χ4v) is 3.28. The summed E-state index contributed by atoms with van der Waals surface area (Å²) in [6, 6.07) is 8.71. The van der Waals surface area contributed by atoms with Crippen LogP contribution in [0.3, 0.4) is 0 Å². The molecular formula is C16H21ClN4. The van der Waals surface area contributed by atoms with Gasteiger partial charge in [0.2, 0.25) is 0 Å². The second-order valence-corrected chi connectivity index (χ2v) is 6.09. The third kappa shape index (κ3) is 3.27. The number of anilines is 1. The Kier molecular flexibility index (Phi) is 4.56. The Bertz CT molecular complexity index is 610. The molecule has 1 aliphatic carbocycles. The Hall–Kier alpha value is -1.39. The van der Waals surface area contributed by atoms with Crippen molar-refractivity contribution in [2.75, 3.05) is 25.5 Å². The quantitative estimate of drug-likeness (QED) is 0.917. The fraction of sp³-hybridized carbons (Fsp3) is 0.500. The van der Waals surface area contributed by atoms with Gasteiger partial charge in [-0.25, -0.2) is 0 Å². The number of nitrogens with one attached hydrogen (secondary N) is 1. The lowest BCUT2D eigenvalue weighted by molar-refractivity contribution is 0.254. The summed E-state index contributed by atoms with van der Waals surface area (Å²) in [5, 5.41) is 14.0. The van der Waals surface area contributed by atoms with Crippen molar-refractivity contribution in [3.8, 4) is 0 Å². The topological polar surface area (TPSA) is 41.0 Å². The number of aromatic nitrogens is 2. The summed E-state index contributed by atoms with van der Waals surface area (Å²) < 4.78 is 0. The van der Waals surface area contributed by atoms with Gasteiger partial charge in [-0.1, -0.05) is 48.7 Å². The summed E-state index contributed by atoms with van der Waals surface area (Å²) in [7, 11) is 2.21. The molecule has 1 heterocycles. The minimum absolute atomic E-state index is 0.458. The zero-order valence-corrected chi connectivity index (χ0v) is 13.1. The molecule has 1 fully saturated rings. The molecule has 1 aliphatic rings. The van der Waals surface area contributed by atoms with E-state index in [9.17, 15) is 0 Å². The summed E-state index contributed by atoms with van der Waals surface area (Å²) in [6.07, 6.45) is 5.41. The summed E-state index contributed by atoms with van der Waals surface area (Å²) in [6.45, 7) is 1.89. The van der Waals surface area contributed by atoms with Crippen molar-refractivity contribution < 1.29 is 0 Å². The zero-order chi connectivity index (χ0) is 14.7. The average Bonchev–Trinajstić information content (AvgIpc) is 3.04. The summed E-state index contributed by atoms with van der Waals surface area (Å²) >= 11 is 6.09. The maximum atomic E-state index is 6.09. The summed E-state index contributed by atoms with van der Waals surface area (Å²) in [4.78, 5) is 2.45. The highest BCUT2D eigenvalue weighted by molar-refractivity contribution is 6.34. The average molecular weight is 305 g/mol. The Balaban J connectivity index is 1.64. The van der Waals surface area contributed by atoms with Crippen molar-refractivity contribution in [3.05, 3.63) is 29.4 Å². The Labute approximate surface area is 130 Å². The molecule has 1 N–H and O–H groups in total. The molecule has 0 aliphatic heterocycles. The Morgan fingerprint density at radius 1 is 1.19 bits per heavy atom. The van der Waals surface area contributed by atoms with Crippen LogP contribution in [0.25, 0.3) is 10.8 Å². The van der Waals surface area contributed by atoms with Crippen LogP contribution in [0.15, 0.2) is 24.3 Å². The van der Waals surface area contributed by atoms with Crippen LogP contribution in [0.4, 0.5) is 5.82 Å². The van der Waals surface area contributed by atoms with E-state index in [0.717, 1.165) is 35.7 Å². The van der Waals surface area contributed by atoms with E-state index in [2.05, 4.69) is 27.5 Å². The highest BCUT2D eigenvalue weighted by Crippen LogP contribution is 2.25. The summed E-state index contributed by atoms with van der Waals surface area (Å²) in [5.74, 6) is 0.815. The predicted molar refractivity (Wildman–Crippen MR) is 87.9 cm³/mol. The predicted octanol–water partition coefficient (Wildman–Crippen LogP) is 3.57. The van der Waals surface area contributed by atoms with E-state index in [-0.39, 0.29) is 0 Å². The van der Waals surface area contributed by atoms with Gasteiger partial charge in [0.1, 0.15) is 0 Å². The van der Waals surface area contributed by atoms with Crippen LogP contribution in [0, 0.1) is 0 Å². The lowest BCUT2D eigenvalue weighted by Gasteiger charge is -2.24. The van der Waals surface area contributed by atoms with E-state index >= 15 is 0 Å². The smallest absolute Gasteiger partial charge is 0.159 e. The van der Waals surface area contributed by atoms with Crippen LogP contribution in [0.1, 0.15) is 25.7 Å². The van der Waals surface area contributed by atoms with Gasteiger partial charge in [0.05, 0.1) is 0 Å². The van der Waals surface area contributed by atoms with Crippen LogP contribution in [-0.4, -0.2) is 41.3 Å². The molecule has 1 saturated carbocycles. The molecule has 0 amide bonds. The van der Waals surface area contributed by atoms with Crippen molar-refractivity contribution in [2.45, 2.75) is 31.7 Å². The number of nitrogens with zero attached hydrogens (tertiary/aromatic N) is 3.